The number of benzene rings is 3. The number of para-hydroxylation sites is 1. The van der Waals surface area contributed by atoms with E-state index in [-0.39, 0.29) is 0 Å². The highest BCUT2D eigenvalue weighted by atomic mass is 16.5. The van der Waals surface area contributed by atoms with E-state index in [2.05, 4.69) is 55.5 Å². The SMILES string of the molecule is Cc1cccc2c1=c1ccc3c(c1CC=2)CCCC=3.c1ccc2c(c1)CCO2. The Kier molecular flexibility index (Phi) is 4.52. The lowest BCUT2D eigenvalue weighted by molar-refractivity contribution is 0.357. The third-order valence-electron chi connectivity index (χ3n) is 6.16. The molecule has 0 radical (unpaired) electrons. The molecular formula is C27H26O. The Morgan fingerprint density at radius 2 is 1.71 bits per heavy atom. The van der Waals surface area contributed by atoms with Crippen molar-refractivity contribution in [1.29, 1.82) is 0 Å². The van der Waals surface area contributed by atoms with Gasteiger partial charge in [-0.1, -0.05) is 60.7 Å². The first kappa shape index (κ1) is 17.3. The standard InChI is InChI=1S/C19H18.C8H8O/c1-13-5-4-7-15-10-11-17-16-8-3-2-6-14(16)9-12-18(17)19(13)15;1-2-4-8-7(3-1)5-6-9-8/h4-7,9-10,12H,2-3,8,11H2,1H3;1-4H,5-6H2. The maximum atomic E-state index is 5.30. The quantitative estimate of drug-likeness (QED) is 0.574. The predicted molar refractivity (Wildman–Crippen MR) is 116 cm³/mol. The summed E-state index contributed by atoms with van der Waals surface area (Å²) in [5.74, 6) is 1.07. The number of hydrogen-bond acceptors (Lipinski definition) is 1. The maximum Gasteiger partial charge on any atom is 0.122 e. The minimum atomic E-state index is 0.860. The molecule has 0 fully saturated rings. The van der Waals surface area contributed by atoms with Crippen LogP contribution in [0.5, 0.6) is 5.75 Å². The van der Waals surface area contributed by atoms with Crippen molar-refractivity contribution in [2.75, 3.05) is 6.61 Å². The van der Waals surface area contributed by atoms with Crippen LogP contribution in [0.25, 0.3) is 12.2 Å². The van der Waals surface area contributed by atoms with E-state index in [1.165, 1.54) is 51.3 Å². The summed E-state index contributed by atoms with van der Waals surface area (Å²) in [4.78, 5) is 0. The van der Waals surface area contributed by atoms with Crippen LogP contribution in [-0.2, 0) is 19.3 Å². The Hall–Kier alpha value is -2.80. The van der Waals surface area contributed by atoms with E-state index in [4.69, 9.17) is 4.74 Å². The molecule has 0 saturated heterocycles. The Balaban J connectivity index is 0.000000158. The first-order chi connectivity index (χ1) is 13.8. The molecular weight excluding hydrogens is 340 g/mol. The first-order valence-electron chi connectivity index (χ1n) is 10.4. The zero-order valence-corrected chi connectivity index (χ0v) is 16.5. The molecule has 0 bridgehead atoms. The summed E-state index contributed by atoms with van der Waals surface area (Å²) in [5.41, 5.74) is 5.93. The van der Waals surface area contributed by atoms with Gasteiger partial charge in [-0.2, -0.15) is 0 Å². The molecule has 0 spiro atoms. The first-order valence-corrected chi connectivity index (χ1v) is 10.4. The third-order valence-corrected chi connectivity index (χ3v) is 6.16. The van der Waals surface area contributed by atoms with Crippen molar-refractivity contribution in [3.63, 3.8) is 0 Å². The highest BCUT2D eigenvalue weighted by molar-refractivity contribution is 5.48. The highest BCUT2D eigenvalue weighted by Gasteiger charge is 2.12. The molecule has 1 aliphatic heterocycles. The van der Waals surface area contributed by atoms with Crippen LogP contribution in [0.2, 0.25) is 0 Å². The lowest BCUT2D eigenvalue weighted by atomic mass is 9.88. The average Bonchev–Trinajstić information content (AvgIpc) is 3.23. The fraction of sp³-hybridized carbons (Fsp3) is 0.259. The summed E-state index contributed by atoms with van der Waals surface area (Å²) in [6.07, 6.45) is 10.8. The predicted octanol–water partition coefficient (Wildman–Crippen LogP) is 4.36. The number of fused-ring (bicyclic) bond motifs is 5. The molecule has 0 unspecified atom stereocenters. The van der Waals surface area contributed by atoms with Gasteiger partial charge in [0.25, 0.3) is 0 Å². The van der Waals surface area contributed by atoms with Crippen molar-refractivity contribution < 1.29 is 4.74 Å². The minimum Gasteiger partial charge on any atom is -0.493 e. The molecule has 2 aliphatic carbocycles. The summed E-state index contributed by atoms with van der Waals surface area (Å²) in [7, 11) is 0. The van der Waals surface area contributed by atoms with Crippen LogP contribution in [0.4, 0.5) is 0 Å². The zero-order valence-electron chi connectivity index (χ0n) is 16.5. The minimum absolute atomic E-state index is 0.860. The molecule has 1 heterocycles. The number of hydrogen-bond donors (Lipinski definition) is 0. The molecule has 0 atom stereocenters. The highest BCUT2D eigenvalue weighted by Crippen LogP contribution is 2.23. The molecule has 0 N–H and O–H groups in total. The van der Waals surface area contributed by atoms with Gasteiger partial charge in [0.1, 0.15) is 5.75 Å². The number of aryl methyl sites for hydroxylation is 1. The fourth-order valence-corrected chi connectivity index (χ4v) is 4.76. The van der Waals surface area contributed by atoms with E-state index < -0.39 is 0 Å². The van der Waals surface area contributed by atoms with Crippen molar-refractivity contribution in [1.82, 2.24) is 0 Å². The van der Waals surface area contributed by atoms with Gasteiger partial charge in [-0.25, -0.2) is 0 Å². The second-order valence-corrected chi connectivity index (χ2v) is 7.91. The van der Waals surface area contributed by atoms with E-state index in [1.54, 1.807) is 11.1 Å². The normalized spacial score (nSPS) is 15.3. The van der Waals surface area contributed by atoms with Crippen LogP contribution >= 0.6 is 0 Å². The van der Waals surface area contributed by atoms with Crippen molar-refractivity contribution >= 4 is 12.2 Å². The monoisotopic (exact) mass is 366 g/mol. The summed E-state index contributed by atoms with van der Waals surface area (Å²) in [6, 6.07) is 19.5. The third kappa shape index (κ3) is 3.05. The molecule has 0 amide bonds. The van der Waals surface area contributed by atoms with E-state index in [0.29, 0.717) is 0 Å². The lowest BCUT2D eigenvalue weighted by Gasteiger charge is -2.16. The number of ether oxygens (including phenoxy) is 1. The summed E-state index contributed by atoms with van der Waals surface area (Å²) in [6.45, 7) is 3.09. The van der Waals surface area contributed by atoms with Gasteiger partial charge in [-0.15, -0.1) is 0 Å². The van der Waals surface area contributed by atoms with Crippen molar-refractivity contribution in [3.05, 3.63) is 97.7 Å². The van der Waals surface area contributed by atoms with Crippen LogP contribution in [0.15, 0.2) is 54.6 Å². The molecule has 1 heteroatoms. The second-order valence-electron chi connectivity index (χ2n) is 7.91. The molecule has 0 aromatic heterocycles. The molecule has 3 aromatic rings. The van der Waals surface area contributed by atoms with Crippen LogP contribution in [0, 0.1) is 17.4 Å². The van der Waals surface area contributed by atoms with E-state index in [9.17, 15) is 0 Å². The van der Waals surface area contributed by atoms with Gasteiger partial charge in [0.2, 0.25) is 0 Å². The molecule has 1 nitrogen and oxygen atoms in total. The van der Waals surface area contributed by atoms with E-state index in [1.807, 2.05) is 18.2 Å². The number of rotatable bonds is 0. The van der Waals surface area contributed by atoms with Gasteiger partial charge >= 0.3 is 0 Å². The zero-order chi connectivity index (χ0) is 18.9. The van der Waals surface area contributed by atoms with Gasteiger partial charge in [-0.3, -0.25) is 0 Å². The smallest absolute Gasteiger partial charge is 0.122 e. The maximum absolute atomic E-state index is 5.30. The van der Waals surface area contributed by atoms with Gasteiger partial charge in [0.05, 0.1) is 6.61 Å². The molecule has 140 valence electrons. The molecule has 28 heavy (non-hydrogen) atoms. The molecule has 6 rings (SSSR count). The summed E-state index contributed by atoms with van der Waals surface area (Å²) >= 11 is 0. The van der Waals surface area contributed by atoms with Crippen molar-refractivity contribution in [2.24, 2.45) is 0 Å². The van der Waals surface area contributed by atoms with Gasteiger partial charge in [0, 0.05) is 6.42 Å². The van der Waals surface area contributed by atoms with Crippen LogP contribution in [0.3, 0.4) is 0 Å². The Morgan fingerprint density at radius 3 is 2.64 bits per heavy atom. The second kappa shape index (κ2) is 7.31. The Bertz CT molecular complexity index is 1230. The summed E-state index contributed by atoms with van der Waals surface area (Å²) < 4.78 is 5.30. The average molecular weight is 367 g/mol. The molecule has 3 aromatic carbocycles. The fourth-order valence-electron chi connectivity index (χ4n) is 4.76. The van der Waals surface area contributed by atoms with Crippen molar-refractivity contribution in [2.45, 2.75) is 39.0 Å². The molecule has 0 saturated carbocycles. The topological polar surface area (TPSA) is 9.23 Å². The lowest BCUT2D eigenvalue weighted by Crippen LogP contribution is -2.20. The van der Waals surface area contributed by atoms with E-state index in [0.717, 1.165) is 25.2 Å². The van der Waals surface area contributed by atoms with Gasteiger partial charge < -0.3 is 4.74 Å². The van der Waals surface area contributed by atoms with Crippen molar-refractivity contribution in [3.8, 4) is 5.75 Å². The van der Waals surface area contributed by atoms with Crippen LogP contribution < -0.4 is 15.2 Å². The van der Waals surface area contributed by atoms with Crippen LogP contribution in [0.1, 0.15) is 35.1 Å². The van der Waals surface area contributed by atoms with Gasteiger partial charge in [-0.05, 0) is 81.8 Å². The Labute approximate surface area is 166 Å². The summed E-state index contributed by atoms with van der Waals surface area (Å²) in [5, 5.41) is 5.82. The van der Waals surface area contributed by atoms with Crippen LogP contribution in [-0.4, -0.2) is 6.61 Å². The molecule has 3 aliphatic rings. The largest absolute Gasteiger partial charge is 0.493 e. The van der Waals surface area contributed by atoms with E-state index >= 15 is 0 Å². The Morgan fingerprint density at radius 1 is 0.786 bits per heavy atom. The van der Waals surface area contributed by atoms with Gasteiger partial charge in [0.15, 0.2) is 0 Å².